The van der Waals surface area contributed by atoms with Gasteiger partial charge in [0.25, 0.3) is 0 Å². The second kappa shape index (κ2) is 7.78. The first-order valence-corrected chi connectivity index (χ1v) is 9.36. The van der Waals surface area contributed by atoms with Gasteiger partial charge < -0.3 is 9.47 Å². The summed E-state index contributed by atoms with van der Waals surface area (Å²) in [6, 6.07) is 7.37. The fourth-order valence-electron chi connectivity index (χ4n) is 2.47. The molecular formula is C17H22BrNO4S. The third-order valence-corrected chi connectivity index (χ3v) is 5.23. The highest BCUT2D eigenvalue weighted by Gasteiger charge is 2.42. The van der Waals surface area contributed by atoms with Crippen molar-refractivity contribution < 1.29 is 19.1 Å². The lowest BCUT2D eigenvalue weighted by Gasteiger charge is -2.27. The molecule has 1 aromatic carbocycles. The standard InChI is InChI=1S/C17H22BrNO4S/c1-17(2,3)23-16(21)19-10-13(9-14(19)15(20)22-4)24-12-7-5-11(18)6-8-12/h5-8,13-14H,9-10H2,1-4H3. The summed E-state index contributed by atoms with van der Waals surface area (Å²) in [4.78, 5) is 27.0. The van der Waals surface area contributed by atoms with Crippen molar-refractivity contribution in [2.75, 3.05) is 13.7 Å². The normalized spacial score (nSPS) is 20.8. The van der Waals surface area contributed by atoms with Gasteiger partial charge in [-0.25, -0.2) is 9.59 Å². The molecule has 1 saturated heterocycles. The lowest BCUT2D eigenvalue weighted by Crippen LogP contribution is -2.43. The van der Waals surface area contributed by atoms with E-state index in [1.54, 1.807) is 11.8 Å². The molecular weight excluding hydrogens is 394 g/mol. The molecule has 1 fully saturated rings. The molecule has 132 valence electrons. The molecule has 2 unspecified atom stereocenters. The van der Waals surface area contributed by atoms with Crippen LogP contribution in [0.1, 0.15) is 27.2 Å². The van der Waals surface area contributed by atoms with Gasteiger partial charge in [0.2, 0.25) is 0 Å². The largest absolute Gasteiger partial charge is 0.467 e. The van der Waals surface area contributed by atoms with E-state index in [0.29, 0.717) is 13.0 Å². The number of carbonyl (C=O) groups excluding carboxylic acids is 2. The van der Waals surface area contributed by atoms with Crippen molar-refractivity contribution in [2.24, 2.45) is 0 Å². The van der Waals surface area contributed by atoms with E-state index in [4.69, 9.17) is 9.47 Å². The van der Waals surface area contributed by atoms with Crippen LogP contribution < -0.4 is 0 Å². The number of carbonyl (C=O) groups is 2. The molecule has 1 aliphatic rings. The Hall–Kier alpha value is -1.21. The third-order valence-electron chi connectivity index (χ3n) is 3.48. The fourth-order valence-corrected chi connectivity index (χ4v) is 3.93. The van der Waals surface area contributed by atoms with Gasteiger partial charge >= 0.3 is 12.1 Å². The van der Waals surface area contributed by atoms with Gasteiger partial charge in [0.1, 0.15) is 11.6 Å². The van der Waals surface area contributed by atoms with E-state index in [-0.39, 0.29) is 5.25 Å². The van der Waals surface area contributed by atoms with E-state index in [9.17, 15) is 9.59 Å². The molecule has 2 atom stereocenters. The molecule has 0 radical (unpaired) electrons. The Bertz CT molecular complexity index is 600. The molecule has 0 saturated carbocycles. The first-order valence-electron chi connectivity index (χ1n) is 7.69. The Labute approximate surface area is 155 Å². The second-order valence-electron chi connectivity index (χ2n) is 6.60. The molecule has 0 aliphatic carbocycles. The first-order chi connectivity index (χ1) is 11.2. The van der Waals surface area contributed by atoms with E-state index in [0.717, 1.165) is 9.37 Å². The van der Waals surface area contributed by atoms with Crippen molar-refractivity contribution >= 4 is 39.8 Å². The van der Waals surface area contributed by atoms with E-state index in [2.05, 4.69) is 15.9 Å². The predicted octanol–water partition coefficient (Wildman–Crippen LogP) is 4.09. The molecule has 24 heavy (non-hydrogen) atoms. The molecule has 5 nitrogen and oxygen atoms in total. The molecule has 0 N–H and O–H groups in total. The number of halogens is 1. The monoisotopic (exact) mass is 415 g/mol. The van der Waals surface area contributed by atoms with Gasteiger partial charge in [-0.1, -0.05) is 15.9 Å². The molecule has 7 heteroatoms. The summed E-state index contributed by atoms with van der Waals surface area (Å²) in [5.74, 6) is -0.403. The number of hydrogen-bond donors (Lipinski definition) is 0. The van der Waals surface area contributed by atoms with Gasteiger partial charge in [0.05, 0.1) is 7.11 Å². The van der Waals surface area contributed by atoms with Crippen LogP contribution in [0.5, 0.6) is 0 Å². The number of ether oxygens (including phenoxy) is 2. The zero-order valence-electron chi connectivity index (χ0n) is 14.2. The van der Waals surface area contributed by atoms with Crippen molar-refractivity contribution in [1.82, 2.24) is 4.90 Å². The Morgan fingerprint density at radius 3 is 2.42 bits per heavy atom. The molecule has 1 aliphatic heterocycles. The zero-order chi connectivity index (χ0) is 17.9. The molecule has 2 rings (SSSR count). The quantitative estimate of drug-likeness (QED) is 0.695. The van der Waals surface area contributed by atoms with E-state index >= 15 is 0 Å². The number of hydrogen-bond acceptors (Lipinski definition) is 5. The molecule has 1 heterocycles. The zero-order valence-corrected chi connectivity index (χ0v) is 16.6. The SMILES string of the molecule is COC(=O)C1CC(Sc2ccc(Br)cc2)CN1C(=O)OC(C)(C)C. The summed E-state index contributed by atoms with van der Waals surface area (Å²) < 4.78 is 11.3. The highest BCUT2D eigenvalue weighted by molar-refractivity contribution is 9.10. The fraction of sp³-hybridized carbons (Fsp3) is 0.529. The topological polar surface area (TPSA) is 55.8 Å². The number of amides is 1. The minimum absolute atomic E-state index is 0.114. The van der Waals surface area contributed by atoms with Gasteiger partial charge in [-0.15, -0.1) is 11.8 Å². The van der Waals surface area contributed by atoms with Gasteiger partial charge in [-0.2, -0.15) is 0 Å². The Kier molecular flexibility index (Phi) is 6.20. The maximum Gasteiger partial charge on any atom is 0.411 e. The van der Waals surface area contributed by atoms with Crippen LogP contribution in [-0.4, -0.2) is 47.5 Å². The summed E-state index contributed by atoms with van der Waals surface area (Å²) >= 11 is 5.07. The van der Waals surface area contributed by atoms with E-state index in [1.807, 2.05) is 45.0 Å². The van der Waals surface area contributed by atoms with Crippen molar-refractivity contribution in [3.05, 3.63) is 28.7 Å². The van der Waals surface area contributed by atoms with Gasteiger partial charge in [0.15, 0.2) is 0 Å². The number of esters is 1. The number of methoxy groups -OCH3 is 1. The lowest BCUT2D eigenvalue weighted by atomic mass is 10.2. The van der Waals surface area contributed by atoms with Gasteiger partial charge in [-0.3, -0.25) is 4.90 Å². The predicted molar refractivity (Wildman–Crippen MR) is 97.1 cm³/mol. The third kappa shape index (κ3) is 5.14. The molecule has 1 amide bonds. The minimum atomic E-state index is -0.602. The van der Waals surface area contributed by atoms with Crippen LogP contribution in [0.25, 0.3) is 0 Å². The summed E-state index contributed by atoms with van der Waals surface area (Å²) in [5.41, 5.74) is -0.602. The van der Waals surface area contributed by atoms with Crippen LogP contribution in [0.2, 0.25) is 0 Å². The maximum atomic E-state index is 12.4. The average molecular weight is 416 g/mol. The van der Waals surface area contributed by atoms with Gasteiger partial charge in [0, 0.05) is 21.2 Å². The number of nitrogens with zero attached hydrogens (tertiary/aromatic N) is 1. The molecule has 1 aromatic rings. The molecule has 0 spiro atoms. The van der Waals surface area contributed by atoms with Gasteiger partial charge in [-0.05, 0) is 51.5 Å². The summed E-state index contributed by atoms with van der Waals surface area (Å²) in [6.45, 7) is 5.88. The minimum Gasteiger partial charge on any atom is -0.467 e. The maximum absolute atomic E-state index is 12.4. The summed E-state index contributed by atoms with van der Waals surface area (Å²) in [6.07, 6.45) is 0.0731. The summed E-state index contributed by atoms with van der Waals surface area (Å²) in [7, 11) is 1.34. The Morgan fingerprint density at radius 2 is 1.88 bits per heavy atom. The summed E-state index contributed by atoms with van der Waals surface area (Å²) in [5, 5.41) is 0.114. The van der Waals surface area contributed by atoms with Crippen LogP contribution >= 0.6 is 27.7 Å². The number of likely N-dealkylation sites (tertiary alicyclic amines) is 1. The van der Waals surface area contributed by atoms with Crippen molar-refractivity contribution in [1.29, 1.82) is 0 Å². The van der Waals surface area contributed by atoms with Crippen molar-refractivity contribution in [2.45, 2.75) is 49.0 Å². The Balaban J connectivity index is 2.09. The van der Waals surface area contributed by atoms with Crippen LogP contribution in [0, 0.1) is 0 Å². The van der Waals surface area contributed by atoms with Crippen molar-refractivity contribution in [3.63, 3.8) is 0 Å². The second-order valence-corrected chi connectivity index (χ2v) is 8.89. The van der Waals surface area contributed by atoms with Crippen molar-refractivity contribution in [3.8, 4) is 0 Å². The average Bonchev–Trinajstić information content (AvgIpc) is 2.91. The highest BCUT2D eigenvalue weighted by Crippen LogP contribution is 2.34. The smallest absolute Gasteiger partial charge is 0.411 e. The van der Waals surface area contributed by atoms with Crippen LogP contribution in [0.3, 0.4) is 0 Å². The van der Waals surface area contributed by atoms with E-state index in [1.165, 1.54) is 12.0 Å². The number of benzene rings is 1. The number of rotatable bonds is 3. The number of thioether (sulfide) groups is 1. The van der Waals surface area contributed by atoms with E-state index < -0.39 is 23.7 Å². The van der Waals surface area contributed by atoms with Crippen LogP contribution in [0.4, 0.5) is 4.79 Å². The van der Waals surface area contributed by atoms with Crippen LogP contribution in [0.15, 0.2) is 33.6 Å². The Morgan fingerprint density at radius 1 is 1.25 bits per heavy atom. The lowest BCUT2D eigenvalue weighted by molar-refractivity contribution is -0.145. The molecule has 0 bridgehead atoms. The highest BCUT2D eigenvalue weighted by atomic mass is 79.9. The molecule has 0 aromatic heterocycles. The van der Waals surface area contributed by atoms with Crippen LogP contribution in [-0.2, 0) is 14.3 Å². The first kappa shape index (κ1) is 19.1.